The first-order chi connectivity index (χ1) is 33.0. The zero-order valence-corrected chi connectivity index (χ0v) is 44.3. The second-order valence-electron chi connectivity index (χ2n) is 19.9. The van der Waals surface area contributed by atoms with E-state index < -0.39 is 59.9 Å². The van der Waals surface area contributed by atoms with Crippen molar-refractivity contribution in [2.24, 2.45) is 0 Å². The number of hydrogen-bond donors (Lipinski definition) is 6. The third-order valence-electron chi connectivity index (χ3n) is 13.5. The zero-order chi connectivity index (χ0) is 49.8. The molecular formula is C55H105NO11S. The van der Waals surface area contributed by atoms with Gasteiger partial charge >= 0.3 is 10.4 Å². The molecule has 1 aliphatic rings. The maximum atomic E-state index is 13.1. The SMILES string of the molecule is CCCCCCCCCCC/C=C\CCCCCCCC(=O)NC(COC1OC(CO)C(O)C(OS(=O)(=O)O)C1O)C(O)/C=C/CCCCCCCCCCCCCCCCCCCCCCC. The number of amides is 1. The van der Waals surface area contributed by atoms with Crippen molar-refractivity contribution in [2.75, 3.05) is 13.2 Å². The number of carbonyl (C=O) groups excluding carboxylic acids is 1. The fourth-order valence-electron chi connectivity index (χ4n) is 9.10. The molecule has 1 fully saturated rings. The van der Waals surface area contributed by atoms with E-state index in [1.54, 1.807) is 6.08 Å². The Morgan fingerprint density at radius 3 is 1.32 bits per heavy atom. The van der Waals surface area contributed by atoms with Gasteiger partial charge in [0.25, 0.3) is 0 Å². The van der Waals surface area contributed by atoms with Gasteiger partial charge in [-0.2, -0.15) is 8.42 Å². The predicted octanol–water partition coefficient (Wildman–Crippen LogP) is 12.8. The molecule has 7 atom stereocenters. The van der Waals surface area contributed by atoms with Gasteiger partial charge in [-0.25, -0.2) is 4.18 Å². The lowest BCUT2D eigenvalue weighted by Crippen LogP contribution is -2.61. The number of nitrogens with one attached hydrogen (secondary N) is 1. The lowest BCUT2D eigenvalue weighted by Gasteiger charge is -2.41. The largest absolute Gasteiger partial charge is 0.397 e. The Hall–Kier alpha value is -1.42. The highest BCUT2D eigenvalue weighted by Gasteiger charge is 2.48. The molecule has 12 nitrogen and oxygen atoms in total. The predicted molar refractivity (Wildman–Crippen MR) is 278 cm³/mol. The van der Waals surface area contributed by atoms with Crippen molar-refractivity contribution in [2.45, 2.75) is 307 Å². The maximum Gasteiger partial charge on any atom is 0.397 e. The molecule has 6 N–H and O–H groups in total. The molecule has 1 saturated heterocycles. The highest BCUT2D eigenvalue weighted by Crippen LogP contribution is 2.26. The minimum Gasteiger partial charge on any atom is -0.394 e. The van der Waals surface area contributed by atoms with Crippen molar-refractivity contribution in [1.29, 1.82) is 0 Å². The van der Waals surface area contributed by atoms with E-state index in [1.807, 2.05) is 6.08 Å². The molecule has 1 amide bonds. The normalized spacial score (nSPS) is 19.9. The molecule has 0 aliphatic carbocycles. The highest BCUT2D eigenvalue weighted by molar-refractivity contribution is 7.80. The quantitative estimate of drug-likeness (QED) is 0.0193. The van der Waals surface area contributed by atoms with Gasteiger partial charge in [-0.1, -0.05) is 237 Å². The Labute approximate surface area is 416 Å². The van der Waals surface area contributed by atoms with Crippen LogP contribution in [0.25, 0.3) is 0 Å². The van der Waals surface area contributed by atoms with Gasteiger partial charge in [0.1, 0.15) is 24.4 Å². The van der Waals surface area contributed by atoms with Crippen LogP contribution in [0.3, 0.4) is 0 Å². The third-order valence-corrected chi connectivity index (χ3v) is 13.9. The third kappa shape index (κ3) is 37.4. The summed E-state index contributed by atoms with van der Waals surface area (Å²) < 4.78 is 47.8. The molecular weight excluding hydrogens is 883 g/mol. The maximum absolute atomic E-state index is 13.1. The molecule has 0 spiro atoms. The lowest BCUT2D eigenvalue weighted by molar-refractivity contribution is -0.298. The van der Waals surface area contributed by atoms with Crippen molar-refractivity contribution < 1.29 is 51.8 Å². The molecule has 13 heteroatoms. The monoisotopic (exact) mass is 988 g/mol. The number of unbranched alkanes of at least 4 members (excludes halogenated alkanes) is 35. The van der Waals surface area contributed by atoms with Crippen LogP contribution in [-0.4, -0.2) is 95.4 Å². The minimum atomic E-state index is -5.09. The van der Waals surface area contributed by atoms with E-state index in [1.165, 1.54) is 180 Å². The van der Waals surface area contributed by atoms with Crippen molar-refractivity contribution in [1.82, 2.24) is 5.32 Å². The van der Waals surface area contributed by atoms with E-state index in [9.17, 15) is 38.2 Å². The van der Waals surface area contributed by atoms with Gasteiger partial charge in [0.05, 0.1) is 25.4 Å². The summed E-state index contributed by atoms with van der Waals surface area (Å²) in [5, 5.41) is 44.9. The molecule has 0 aromatic heterocycles. The fourth-order valence-corrected chi connectivity index (χ4v) is 9.61. The van der Waals surface area contributed by atoms with E-state index in [4.69, 9.17) is 9.47 Å². The van der Waals surface area contributed by atoms with Gasteiger partial charge in [0, 0.05) is 6.42 Å². The van der Waals surface area contributed by atoms with E-state index in [2.05, 4.69) is 35.5 Å². The summed E-state index contributed by atoms with van der Waals surface area (Å²) in [6, 6.07) is -0.947. The van der Waals surface area contributed by atoms with Crippen LogP contribution < -0.4 is 5.32 Å². The van der Waals surface area contributed by atoms with Gasteiger partial charge in [-0.05, 0) is 44.9 Å². The van der Waals surface area contributed by atoms with Crippen LogP contribution in [0.1, 0.15) is 264 Å². The molecule has 1 rings (SSSR count). The van der Waals surface area contributed by atoms with Gasteiger partial charge in [0.15, 0.2) is 6.29 Å². The van der Waals surface area contributed by atoms with E-state index in [0.717, 1.165) is 57.8 Å². The van der Waals surface area contributed by atoms with Crippen LogP contribution in [0.4, 0.5) is 0 Å². The second-order valence-corrected chi connectivity index (χ2v) is 20.9. The average molecular weight is 989 g/mol. The number of hydrogen-bond acceptors (Lipinski definition) is 10. The van der Waals surface area contributed by atoms with E-state index >= 15 is 0 Å². The Morgan fingerprint density at radius 2 is 0.941 bits per heavy atom. The number of allylic oxidation sites excluding steroid dienone is 3. The average Bonchev–Trinajstić information content (AvgIpc) is 3.31. The smallest absolute Gasteiger partial charge is 0.394 e. The number of ether oxygens (including phenoxy) is 2. The molecule has 0 aromatic carbocycles. The number of carbonyl (C=O) groups is 1. The van der Waals surface area contributed by atoms with E-state index in [0.29, 0.717) is 6.42 Å². The van der Waals surface area contributed by atoms with Crippen LogP contribution in [0, 0.1) is 0 Å². The lowest BCUT2D eigenvalue weighted by atomic mass is 9.99. The van der Waals surface area contributed by atoms with Gasteiger partial charge in [-0.3, -0.25) is 9.35 Å². The van der Waals surface area contributed by atoms with Gasteiger partial charge in [0.2, 0.25) is 5.91 Å². The number of rotatable bonds is 49. The topological polar surface area (TPSA) is 192 Å². The summed E-state index contributed by atoms with van der Waals surface area (Å²) >= 11 is 0. The molecule has 0 bridgehead atoms. The second kappa shape index (κ2) is 45.4. The van der Waals surface area contributed by atoms with E-state index in [-0.39, 0.29) is 18.9 Å². The summed E-state index contributed by atoms with van der Waals surface area (Å²) in [5.74, 6) is -0.267. The van der Waals surface area contributed by atoms with Crippen molar-refractivity contribution in [3.63, 3.8) is 0 Å². The molecule has 0 radical (unpaired) electrons. The first-order valence-electron chi connectivity index (χ1n) is 28.2. The Morgan fingerprint density at radius 1 is 0.574 bits per heavy atom. The van der Waals surface area contributed by atoms with Crippen LogP contribution in [0.2, 0.25) is 0 Å². The summed E-state index contributed by atoms with van der Waals surface area (Å²) in [5.41, 5.74) is 0. The molecule has 1 aliphatic heterocycles. The van der Waals surface area contributed by atoms with Crippen molar-refractivity contribution in [3.05, 3.63) is 24.3 Å². The van der Waals surface area contributed by atoms with Crippen molar-refractivity contribution in [3.8, 4) is 0 Å². The number of aliphatic hydroxyl groups is 4. The number of aliphatic hydroxyl groups excluding tert-OH is 4. The first-order valence-corrected chi connectivity index (χ1v) is 29.6. The molecule has 1 heterocycles. The van der Waals surface area contributed by atoms with Crippen LogP contribution in [-0.2, 0) is 28.9 Å². The Bertz CT molecular complexity index is 1300. The highest BCUT2D eigenvalue weighted by atomic mass is 32.3. The molecule has 0 saturated carbocycles. The molecule has 0 aromatic rings. The van der Waals surface area contributed by atoms with Gasteiger partial charge < -0.3 is 35.2 Å². The fraction of sp³-hybridized carbons (Fsp3) is 0.909. The molecule has 7 unspecified atom stereocenters. The first kappa shape index (κ1) is 64.6. The standard InChI is InChI=1S/C55H105NO11S/c1-3-5-7-9-11-13-15-17-19-21-23-24-25-26-27-28-30-32-34-36-38-40-42-44-49(58)48(47-65-55-53(61)54(67-68(62,63)64)52(60)50(46-57)66-55)56-51(59)45-43-41-39-37-35-33-31-29-22-20-18-16-14-12-10-8-6-4-2/h29,31,42,44,48-50,52-55,57-58,60-61H,3-28,30,32-41,43,45-47H2,1-2H3,(H,56,59)(H,62,63,64)/b31-29-,44-42+. The van der Waals surface area contributed by atoms with Crippen LogP contribution in [0.5, 0.6) is 0 Å². The Balaban J connectivity index is 2.40. The Kier molecular flexibility index (Phi) is 43.2. The van der Waals surface area contributed by atoms with Crippen LogP contribution in [0.15, 0.2) is 24.3 Å². The van der Waals surface area contributed by atoms with Crippen LogP contribution >= 0.6 is 0 Å². The molecule has 68 heavy (non-hydrogen) atoms. The summed E-state index contributed by atoms with van der Waals surface area (Å²) in [4.78, 5) is 13.1. The summed E-state index contributed by atoms with van der Waals surface area (Å²) in [6.45, 7) is 3.42. The zero-order valence-electron chi connectivity index (χ0n) is 43.4. The van der Waals surface area contributed by atoms with Gasteiger partial charge in [-0.15, -0.1) is 0 Å². The molecule has 402 valence electrons. The minimum absolute atomic E-state index is 0.261. The summed E-state index contributed by atoms with van der Waals surface area (Å²) in [7, 11) is -5.09. The van der Waals surface area contributed by atoms with Crippen molar-refractivity contribution >= 4 is 16.3 Å². The summed E-state index contributed by atoms with van der Waals surface area (Å²) in [6.07, 6.45) is 46.5.